The number of urea groups is 1. The number of imide groups is 1. The fraction of sp³-hybridized carbons (Fsp3) is 0.308. The van der Waals surface area contributed by atoms with Gasteiger partial charge in [-0.1, -0.05) is 29.8 Å². The first kappa shape index (κ1) is 23.4. The highest BCUT2D eigenvalue weighted by Crippen LogP contribution is 2.49. The number of H-pyrrole nitrogens is 1. The number of benzene rings is 2. The van der Waals surface area contributed by atoms with Gasteiger partial charge in [-0.25, -0.2) is 9.18 Å². The minimum Gasteiger partial charge on any atom is -0.508 e. The monoisotopic (exact) mass is 496 g/mol. The fourth-order valence-electron chi connectivity index (χ4n) is 5.31. The third kappa shape index (κ3) is 3.68. The smallest absolute Gasteiger partial charge is 0.328 e. The number of nitrogens with zero attached hydrogens (tertiary/aromatic N) is 2. The molecule has 0 radical (unpaired) electrons. The second-order valence-electron chi connectivity index (χ2n) is 9.23. The quantitative estimate of drug-likeness (QED) is 0.255. The number of nitrogens with one attached hydrogen (secondary N) is 2. The van der Waals surface area contributed by atoms with Crippen LogP contribution in [0.2, 0.25) is 5.02 Å². The van der Waals surface area contributed by atoms with Crippen LogP contribution in [0.1, 0.15) is 36.2 Å². The van der Waals surface area contributed by atoms with Crippen LogP contribution < -0.4 is 5.32 Å². The molecule has 2 aliphatic rings. The first-order valence-electron chi connectivity index (χ1n) is 11.5. The number of aromatic nitrogens is 1. The number of aromatic hydroxyl groups is 1. The molecule has 0 aliphatic carbocycles. The molecule has 35 heavy (non-hydrogen) atoms. The predicted molar refractivity (Wildman–Crippen MR) is 132 cm³/mol. The lowest BCUT2D eigenvalue weighted by atomic mass is 9.81. The summed E-state index contributed by atoms with van der Waals surface area (Å²) in [6.45, 7) is 7.02. The van der Waals surface area contributed by atoms with E-state index in [2.05, 4.69) is 16.9 Å². The Morgan fingerprint density at radius 3 is 2.89 bits per heavy atom. The van der Waals surface area contributed by atoms with E-state index in [0.29, 0.717) is 41.7 Å². The lowest BCUT2D eigenvalue weighted by Crippen LogP contribution is -2.53. The van der Waals surface area contributed by atoms with Gasteiger partial charge in [0.2, 0.25) is 0 Å². The molecular weight excluding hydrogens is 471 g/mol. The Labute approximate surface area is 207 Å². The van der Waals surface area contributed by atoms with Gasteiger partial charge in [0.25, 0.3) is 5.91 Å². The number of fused-ring (bicyclic) bond motifs is 4. The van der Waals surface area contributed by atoms with Crippen LogP contribution in [0.3, 0.4) is 0 Å². The van der Waals surface area contributed by atoms with Gasteiger partial charge in [-0.3, -0.25) is 14.6 Å². The Balaban J connectivity index is 1.62. The van der Waals surface area contributed by atoms with Gasteiger partial charge in [0, 0.05) is 36.1 Å². The Hall–Kier alpha value is -3.36. The van der Waals surface area contributed by atoms with Crippen LogP contribution >= 0.6 is 11.6 Å². The van der Waals surface area contributed by atoms with Gasteiger partial charge < -0.3 is 15.4 Å². The van der Waals surface area contributed by atoms with Crippen molar-refractivity contribution in [2.45, 2.75) is 31.3 Å². The summed E-state index contributed by atoms with van der Waals surface area (Å²) in [5.74, 6) is -0.781. The van der Waals surface area contributed by atoms with Crippen molar-refractivity contribution >= 4 is 34.4 Å². The molecule has 0 spiro atoms. The third-order valence-electron chi connectivity index (χ3n) is 6.92. The maximum Gasteiger partial charge on any atom is 0.328 e. The van der Waals surface area contributed by atoms with Crippen LogP contribution in [0, 0.1) is 5.82 Å². The van der Waals surface area contributed by atoms with Crippen molar-refractivity contribution in [2.75, 3.05) is 19.6 Å². The van der Waals surface area contributed by atoms with E-state index in [1.807, 2.05) is 0 Å². The van der Waals surface area contributed by atoms with E-state index >= 15 is 0 Å². The largest absolute Gasteiger partial charge is 0.508 e. The highest BCUT2D eigenvalue weighted by Gasteiger charge is 2.60. The molecule has 5 rings (SSSR count). The molecule has 2 aliphatic heterocycles. The molecule has 1 saturated heterocycles. The number of carbonyl (C=O) groups is 2. The zero-order valence-electron chi connectivity index (χ0n) is 19.3. The van der Waals surface area contributed by atoms with Gasteiger partial charge in [-0.2, -0.15) is 0 Å². The summed E-state index contributed by atoms with van der Waals surface area (Å²) in [5, 5.41) is 14.1. The Morgan fingerprint density at radius 1 is 1.34 bits per heavy atom. The van der Waals surface area contributed by atoms with Gasteiger partial charge in [0.05, 0.1) is 5.02 Å². The second kappa shape index (κ2) is 8.70. The van der Waals surface area contributed by atoms with Crippen molar-refractivity contribution in [1.82, 2.24) is 20.1 Å². The summed E-state index contributed by atoms with van der Waals surface area (Å²) in [6.07, 6.45) is 2.62. The number of rotatable bonds is 7. The number of aromatic amines is 1. The topological polar surface area (TPSA) is 88.7 Å². The van der Waals surface area contributed by atoms with E-state index in [0.717, 1.165) is 5.56 Å². The van der Waals surface area contributed by atoms with E-state index in [4.69, 9.17) is 11.6 Å². The number of hydrogen-bond acceptors (Lipinski definition) is 4. The lowest BCUT2D eigenvalue weighted by Gasteiger charge is -2.42. The first-order valence-corrected chi connectivity index (χ1v) is 11.9. The van der Waals surface area contributed by atoms with Crippen LogP contribution in [-0.4, -0.2) is 57.0 Å². The molecule has 3 aromatic rings. The Morgan fingerprint density at radius 2 is 2.14 bits per heavy atom. The highest BCUT2D eigenvalue weighted by molar-refractivity contribution is 6.31. The SMILES string of the molecule is C=CCNCCCN1C(=O)N2[C@H](c3cccc(O)c3)c3[nH]c4cc(F)c(Cl)cc4c3C[C@@]2(C)C1=O. The molecule has 1 fully saturated rings. The molecule has 7 nitrogen and oxygen atoms in total. The van der Waals surface area contributed by atoms with E-state index in [1.165, 1.54) is 11.0 Å². The molecule has 182 valence electrons. The molecule has 3 amide bonds. The van der Waals surface area contributed by atoms with Crippen LogP contribution in [-0.2, 0) is 11.2 Å². The maximum atomic E-state index is 14.2. The van der Waals surface area contributed by atoms with Crippen LogP contribution in [0.5, 0.6) is 5.75 Å². The minimum absolute atomic E-state index is 0.0109. The van der Waals surface area contributed by atoms with E-state index < -0.39 is 17.4 Å². The second-order valence-corrected chi connectivity index (χ2v) is 9.64. The van der Waals surface area contributed by atoms with Crippen LogP contribution in [0.25, 0.3) is 10.9 Å². The summed E-state index contributed by atoms with van der Waals surface area (Å²) in [6, 6.07) is 8.46. The van der Waals surface area contributed by atoms with Gasteiger partial charge in [0.1, 0.15) is 23.1 Å². The van der Waals surface area contributed by atoms with Gasteiger partial charge >= 0.3 is 6.03 Å². The summed E-state index contributed by atoms with van der Waals surface area (Å²) >= 11 is 6.10. The first-order chi connectivity index (χ1) is 16.8. The van der Waals surface area contributed by atoms with Crippen LogP contribution in [0.4, 0.5) is 9.18 Å². The Kier molecular flexibility index (Phi) is 5.81. The van der Waals surface area contributed by atoms with E-state index in [1.54, 1.807) is 48.2 Å². The number of amides is 3. The zero-order chi connectivity index (χ0) is 24.9. The molecule has 9 heteroatoms. The normalized spacial score (nSPS) is 21.5. The summed E-state index contributed by atoms with van der Waals surface area (Å²) in [4.78, 5) is 33.6. The van der Waals surface area contributed by atoms with Crippen molar-refractivity contribution in [1.29, 1.82) is 0 Å². The van der Waals surface area contributed by atoms with E-state index in [9.17, 15) is 19.1 Å². The van der Waals surface area contributed by atoms with Crippen molar-refractivity contribution in [3.05, 3.63) is 76.7 Å². The maximum absolute atomic E-state index is 14.2. The number of halogens is 2. The molecular formula is C26H26ClFN4O3. The molecule has 1 aromatic heterocycles. The summed E-state index contributed by atoms with van der Waals surface area (Å²) in [5.41, 5.74) is 1.53. The molecule has 0 saturated carbocycles. The summed E-state index contributed by atoms with van der Waals surface area (Å²) in [7, 11) is 0. The number of carbonyl (C=O) groups excluding carboxylic acids is 2. The summed E-state index contributed by atoms with van der Waals surface area (Å²) < 4.78 is 14.2. The van der Waals surface area contributed by atoms with Crippen molar-refractivity contribution in [3.63, 3.8) is 0 Å². The number of hydrogen-bond donors (Lipinski definition) is 3. The molecule has 3 heterocycles. The fourth-order valence-corrected chi connectivity index (χ4v) is 5.48. The third-order valence-corrected chi connectivity index (χ3v) is 7.21. The van der Waals surface area contributed by atoms with Crippen molar-refractivity contribution in [2.24, 2.45) is 0 Å². The van der Waals surface area contributed by atoms with Crippen molar-refractivity contribution in [3.8, 4) is 5.75 Å². The van der Waals surface area contributed by atoms with E-state index in [-0.39, 0.29) is 35.7 Å². The molecule has 2 atom stereocenters. The predicted octanol–water partition coefficient (Wildman–Crippen LogP) is 4.50. The highest BCUT2D eigenvalue weighted by atomic mass is 35.5. The molecule has 2 aromatic carbocycles. The number of phenolic OH excluding ortho intramolecular Hbond substituents is 1. The van der Waals surface area contributed by atoms with Crippen molar-refractivity contribution < 1.29 is 19.1 Å². The molecule has 0 bridgehead atoms. The number of phenols is 1. The average Bonchev–Trinajstić information content (AvgIpc) is 3.24. The Bertz CT molecular complexity index is 1360. The molecule has 3 N–H and O–H groups in total. The molecule has 0 unspecified atom stereocenters. The van der Waals surface area contributed by atoms with Gasteiger partial charge in [-0.05, 0) is 55.3 Å². The minimum atomic E-state index is -1.15. The van der Waals surface area contributed by atoms with Crippen LogP contribution in [0.15, 0.2) is 49.1 Å². The zero-order valence-corrected chi connectivity index (χ0v) is 20.0. The lowest BCUT2D eigenvalue weighted by molar-refractivity contribution is -0.133. The standard InChI is InChI=1S/C26H26ClFN4O3/c1-3-8-29-9-5-10-31-24(34)26(2)14-18-17-12-19(27)20(28)13-21(17)30-22(18)23(32(26)25(31)35)15-6-4-7-16(33)11-15/h3-4,6-7,11-13,23,29-30,33H,1,5,8-10,14H2,2H3/t23-,26+/m1/s1. The van der Waals surface area contributed by atoms with Gasteiger partial charge in [-0.15, -0.1) is 6.58 Å². The average molecular weight is 497 g/mol. The van der Waals surface area contributed by atoms with Gasteiger partial charge in [0.15, 0.2) is 0 Å².